The van der Waals surface area contributed by atoms with Crippen LogP contribution >= 0.6 is 34.7 Å². The molecule has 160 valence electrons. The number of nitriles is 1. The van der Waals surface area contributed by atoms with Crippen LogP contribution in [0.2, 0.25) is 5.02 Å². The van der Waals surface area contributed by atoms with Gasteiger partial charge in [-0.2, -0.15) is 5.26 Å². The lowest BCUT2D eigenvalue weighted by Crippen LogP contribution is -2.33. The second-order valence-electron chi connectivity index (χ2n) is 7.47. The lowest BCUT2D eigenvalue weighted by molar-refractivity contribution is -0.116. The number of anilines is 1. The molecule has 0 aliphatic heterocycles. The van der Waals surface area contributed by atoms with Gasteiger partial charge in [0.05, 0.1) is 23.6 Å². The molecule has 1 amide bonds. The van der Waals surface area contributed by atoms with Gasteiger partial charge in [-0.3, -0.25) is 14.2 Å². The van der Waals surface area contributed by atoms with E-state index < -0.39 is 0 Å². The monoisotopic (exact) mass is 472 g/mol. The Hall–Kier alpha value is -2.34. The zero-order chi connectivity index (χ0) is 22.1. The third-order valence-corrected chi connectivity index (χ3v) is 8.06. The van der Waals surface area contributed by atoms with Gasteiger partial charge in [0.25, 0.3) is 5.56 Å². The van der Waals surface area contributed by atoms with E-state index in [9.17, 15) is 9.59 Å². The molecule has 1 aliphatic carbocycles. The van der Waals surface area contributed by atoms with Crippen LogP contribution in [0.5, 0.6) is 0 Å². The topological polar surface area (TPSA) is 79.0 Å². The maximum atomic E-state index is 13.0. The lowest BCUT2D eigenvalue weighted by atomic mass is 10.2. The Morgan fingerprint density at radius 1 is 1.42 bits per heavy atom. The largest absolute Gasteiger partial charge is 0.311 e. The van der Waals surface area contributed by atoms with E-state index in [4.69, 9.17) is 21.8 Å². The van der Waals surface area contributed by atoms with Crippen LogP contribution in [0.4, 0.5) is 5.69 Å². The second kappa shape index (κ2) is 9.03. The highest BCUT2D eigenvalue weighted by Gasteiger charge is 2.23. The number of hydrogen-bond donors (Lipinski definition) is 0. The molecule has 0 radical (unpaired) electrons. The Bertz CT molecular complexity index is 1280. The van der Waals surface area contributed by atoms with Gasteiger partial charge in [0, 0.05) is 29.2 Å². The van der Waals surface area contributed by atoms with Gasteiger partial charge in [-0.25, -0.2) is 4.98 Å². The van der Waals surface area contributed by atoms with E-state index in [-0.39, 0.29) is 23.6 Å². The molecule has 0 atom stereocenters. The number of rotatable bonds is 6. The minimum absolute atomic E-state index is 0.0472. The Balaban J connectivity index is 1.58. The molecule has 0 spiro atoms. The molecule has 0 saturated carbocycles. The summed E-state index contributed by atoms with van der Waals surface area (Å²) >= 11 is 8.96. The molecule has 0 N–H and O–H groups in total. The van der Waals surface area contributed by atoms with E-state index in [0.717, 1.165) is 40.6 Å². The highest BCUT2D eigenvalue weighted by Crippen LogP contribution is 2.35. The van der Waals surface area contributed by atoms with Gasteiger partial charge in [0.1, 0.15) is 4.83 Å². The van der Waals surface area contributed by atoms with Crippen molar-refractivity contribution in [1.29, 1.82) is 5.26 Å². The van der Waals surface area contributed by atoms with Gasteiger partial charge in [-0.15, -0.1) is 11.3 Å². The fourth-order valence-corrected chi connectivity index (χ4v) is 6.06. The van der Waals surface area contributed by atoms with Crippen molar-refractivity contribution in [2.45, 2.75) is 37.8 Å². The number of fused-ring (bicyclic) bond motifs is 3. The minimum Gasteiger partial charge on any atom is -0.311 e. The molecule has 3 aromatic rings. The molecule has 0 fully saturated rings. The van der Waals surface area contributed by atoms with E-state index in [0.29, 0.717) is 22.4 Å². The molecule has 1 aliphatic rings. The zero-order valence-corrected chi connectivity index (χ0v) is 19.7. The molecule has 2 aromatic heterocycles. The van der Waals surface area contributed by atoms with Crippen molar-refractivity contribution in [3.63, 3.8) is 0 Å². The number of thioether (sulfide) groups is 1. The number of benzene rings is 1. The minimum atomic E-state index is -0.148. The van der Waals surface area contributed by atoms with Gasteiger partial charge in [-0.05, 0) is 55.5 Å². The number of thiophene rings is 1. The summed E-state index contributed by atoms with van der Waals surface area (Å²) in [4.78, 5) is 34.3. The first-order chi connectivity index (χ1) is 14.9. The molecule has 2 heterocycles. The molecule has 4 rings (SSSR count). The highest BCUT2D eigenvalue weighted by atomic mass is 35.5. The first-order valence-corrected chi connectivity index (χ1v) is 12.2. The molecule has 9 heteroatoms. The van der Waals surface area contributed by atoms with Gasteiger partial charge in [0.2, 0.25) is 5.91 Å². The van der Waals surface area contributed by atoms with E-state index >= 15 is 0 Å². The standard InChI is InChI=1S/C22H21ClN4O2S2/c1-13-11-14(7-8-16(13)23)27(10-4-9-24)18(28)12-30-22-25-20-19(21(29)26(22)2)15-5-3-6-17(15)31-20/h7-8,11H,3-6,10,12H2,1-2H3. The third-order valence-electron chi connectivity index (χ3n) is 5.43. The highest BCUT2D eigenvalue weighted by molar-refractivity contribution is 7.99. The van der Waals surface area contributed by atoms with Crippen molar-refractivity contribution in [2.24, 2.45) is 7.05 Å². The van der Waals surface area contributed by atoms with Crippen LogP contribution in [0.1, 0.15) is 28.8 Å². The van der Waals surface area contributed by atoms with Gasteiger partial charge >= 0.3 is 0 Å². The van der Waals surface area contributed by atoms with Gasteiger partial charge in [0.15, 0.2) is 5.16 Å². The average molecular weight is 473 g/mol. The van der Waals surface area contributed by atoms with Crippen LogP contribution in [-0.2, 0) is 24.7 Å². The summed E-state index contributed by atoms with van der Waals surface area (Å²) in [6.07, 6.45) is 3.26. The Morgan fingerprint density at radius 2 is 2.23 bits per heavy atom. The number of nitrogens with zero attached hydrogens (tertiary/aromatic N) is 4. The second-order valence-corrected chi connectivity index (χ2v) is 9.91. The van der Waals surface area contributed by atoms with Gasteiger partial charge in [-0.1, -0.05) is 23.4 Å². The Labute approximate surface area is 193 Å². The Kier molecular flexibility index (Phi) is 6.37. The number of amides is 1. The van der Waals surface area contributed by atoms with Crippen molar-refractivity contribution in [3.8, 4) is 6.07 Å². The number of aromatic nitrogens is 2. The molecule has 31 heavy (non-hydrogen) atoms. The first-order valence-electron chi connectivity index (χ1n) is 9.98. The molecule has 0 unspecified atom stereocenters. The fraction of sp³-hybridized carbons (Fsp3) is 0.364. The summed E-state index contributed by atoms with van der Waals surface area (Å²) in [6, 6.07) is 7.47. The van der Waals surface area contributed by atoms with Crippen molar-refractivity contribution >= 4 is 56.5 Å². The number of carbonyl (C=O) groups is 1. The third kappa shape index (κ3) is 4.22. The maximum absolute atomic E-state index is 13.0. The van der Waals surface area contributed by atoms with Crippen LogP contribution in [-0.4, -0.2) is 27.8 Å². The number of halogens is 1. The summed E-state index contributed by atoms with van der Waals surface area (Å²) in [7, 11) is 1.70. The number of hydrogen-bond acceptors (Lipinski definition) is 6. The lowest BCUT2D eigenvalue weighted by Gasteiger charge is -2.22. The predicted octanol–water partition coefficient (Wildman–Crippen LogP) is 4.48. The van der Waals surface area contributed by atoms with Crippen molar-refractivity contribution in [1.82, 2.24) is 9.55 Å². The summed E-state index contributed by atoms with van der Waals surface area (Å²) < 4.78 is 1.54. The summed E-state index contributed by atoms with van der Waals surface area (Å²) in [5.74, 6) is -0.0331. The SMILES string of the molecule is Cc1cc(N(CCC#N)C(=O)CSc2nc3sc4c(c3c(=O)n2C)CCC4)ccc1Cl. The van der Waals surface area contributed by atoms with E-state index in [1.165, 1.54) is 21.2 Å². The van der Waals surface area contributed by atoms with Crippen molar-refractivity contribution in [3.05, 3.63) is 49.6 Å². The van der Waals surface area contributed by atoms with Gasteiger partial charge < -0.3 is 4.90 Å². The van der Waals surface area contributed by atoms with Crippen molar-refractivity contribution in [2.75, 3.05) is 17.2 Å². The molecule has 1 aromatic carbocycles. The summed E-state index contributed by atoms with van der Waals surface area (Å²) in [6.45, 7) is 2.17. The average Bonchev–Trinajstić information content (AvgIpc) is 3.33. The van der Waals surface area contributed by atoms with Crippen LogP contribution in [0, 0.1) is 18.3 Å². The summed E-state index contributed by atoms with van der Waals surface area (Å²) in [5.41, 5.74) is 2.67. The van der Waals surface area contributed by atoms with Crippen LogP contribution in [0.3, 0.4) is 0 Å². The molecular weight excluding hydrogens is 452 g/mol. The molecular formula is C22H21ClN4O2S2. The van der Waals surface area contributed by atoms with E-state index in [1.54, 1.807) is 35.4 Å². The first kappa shape index (κ1) is 21.9. The van der Waals surface area contributed by atoms with Crippen LogP contribution < -0.4 is 10.5 Å². The zero-order valence-electron chi connectivity index (χ0n) is 17.3. The molecule has 6 nitrogen and oxygen atoms in total. The Morgan fingerprint density at radius 3 is 2.97 bits per heavy atom. The molecule has 0 saturated heterocycles. The van der Waals surface area contributed by atoms with E-state index in [2.05, 4.69) is 6.07 Å². The fourth-order valence-electron chi connectivity index (χ4n) is 3.80. The summed E-state index contributed by atoms with van der Waals surface area (Å²) in [5, 5.41) is 10.9. The number of aryl methyl sites for hydroxylation is 3. The quantitative estimate of drug-likeness (QED) is 0.390. The normalized spacial score (nSPS) is 12.7. The molecule has 0 bridgehead atoms. The van der Waals surface area contributed by atoms with Crippen LogP contribution in [0.25, 0.3) is 10.2 Å². The smallest absolute Gasteiger partial charge is 0.262 e. The van der Waals surface area contributed by atoms with Crippen LogP contribution in [0.15, 0.2) is 28.2 Å². The van der Waals surface area contributed by atoms with E-state index in [1.807, 2.05) is 13.0 Å². The van der Waals surface area contributed by atoms with Crippen molar-refractivity contribution < 1.29 is 4.79 Å². The predicted molar refractivity (Wildman–Crippen MR) is 126 cm³/mol. The number of carbonyl (C=O) groups excluding carboxylic acids is 1. The maximum Gasteiger partial charge on any atom is 0.262 e.